The average Bonchev–Trinajstić information content (AvgIpc) is 2.60. The van der Waals surface area contributed by atoms with Crippen molar-refractivity contribution >= 4 is 11.6 Å². The molecule has 1 aliphatic rings. The molecule has 0 aromatic heterocycles. The lowest BCUT2D eigenvalue weighted by Gasteiger charge is -2.23. The van der Waals surface area contributed by atoms with Crippen molar-refractivity contribution in [2.45, 2.75) is 38.2 Å². The van der Waals surface area contributed by atoms with E-state index in [9.17, 15) is 13.9 Å². The summed E-state index contributed by atoms with van der Waals surface area (Å²) < 4.78 is 27.0. The Morgan fingerprint density at radius 3 is 2.77 bits per heavy atom. The molecule has 0 radical (unpaired) electrons. The van der Waals surface area contributed by atoms with Gasteiger partial charge in [0.2, 0.25) is 0 Å². The van der Waals surface area contributed by atoms with E-state index >= 15 is 0 Å². The molecule has 26 heavy (non-hydrogen) atoms. The fraction of sp³-hybridized carbons (Fsp3) is 0.350. The quantitative estimate of drug-likeness (QED) is 0.578. The number of aliphatic hydroxyl groups is 1. The molecule has 138 valence electrons. The maximum Gasteiger partial charge on any atom is 0.193 e. The number of hydrogen-bond acceptors (Lipinski definition) is 2. The van der Waals surface area contributed by atoms with Crippen molar-refractivity contribution < 1.29 is 13.9 Å². The highest BCUT2D eigenvalue weighted by Gasteiger charge is 2.26. The molecule has 0 spiro atoms. The zero-order valence-electron chi connectivity index (χ0n) is 14.7. The molecular weight excluding hydrogens is 336 g/mol. The molecule has 2 aromatic carbocycles. The van der Waals surface area contributed by atoms with Crippen molar-refractivity contribution in [3.05, 3.63) is 64.7 Å². The van der Waals surface area contributed by atoms with Gasteiger partial charge in [0.15, 0.2) is 5.96 Å². The standard InChI is InChI=1S/C20H23F2N3O/c1-20(26,16-10-9-14(21)11-17(16)22)12-24-19(23)25-18-8-4-6-13-5-2-3-7-15(13)18/h4,6,8-11,26H,2-3,5,7,12H2,1H3,(H3,23,24,25). The van der Waals surface area contributed by atoms with Crippen molar-refractivity contribution in [2.24, 2.45) is 10.7 Å². The monoisotopic (exact) mass is 359 g/mol. The van der Waals surface area contributed by atoms with Crippen LogP contribution in [0.3, 0.4) is 0 Å². The Morgan fingerprint density at radius 1 is 1.23 bits per heavy atom. The van der Waals surface area contributed by atoms with Crippen molar-refractivity contribution in [3.8, 4) is 0 Å². The van der Waals surface area contributed by atoms with Crippen LogP contribution < -0.4 is 11.1 Å². The fourth-order valence-corrected chi connectivity index (χ4v) is 3.33. The highest BCUT2D eigenvalue weighted by molar-refractivity contribution is 5.93. The minimum Gasteiger partial charge on any atom is -0.383 e. The first-order valence-corrected chi connectivity index (χ1v) is 8.72. The van der Waals surface area contributed by atoms with Gasteiger partial charge in [0.1, 0.15) is 17.2 Å². The van der Waals surface area contributed by atoms with Crippen LogP contribution in [-0.4, -0.2) is 17.6 Å². The second kappa shape index (κ2) is 7.41. The molecule has 4 nitrogen and oxygen atoms in total. The summed E-state index contributed by atoms with van der Waals surface area (Å²) in [5.74, 6) is -1.36. The number of hydrogen-bond donors (Lipinski definition) is 3. The number of benzene rings is 2. The number of halogens is 2. The van der Waals surface area contributed by atoms with Crippen molar-refractivity contribution in [3.63, 3.8) is 0 Å². The van der Waals surface area contributed by atoms with E-state index in [1.165, 1.54) is 30.5 Å². The topological polar surface area (TPSA) is 70.6 Å². The van der Waals surface area contributed by atoms with Crippen LogP contribution in [-0.2, 0) is 18.4 Å². The second-order valence-electron chi connectivity index (χ2n) is 6.87. The number of guanidine groups is 1. The summed E-state index contributed by atoms with van der Waals surface area (Å²) >= 11 is 0. The van der Waals surface area contributed by atoms with Gasteiger partial charge in [-0.25, -0.2) is 13.8 Å². The number of aryl methyl sites for hydroxylation is 1. The Bertz CT molecular complexity index is 834. The lowest BCUT2D eigenvalue weighted by Crippen LogP contribution is -2.30. The normalized spacial score (nSPS) is 16.7. The molecule has 0 saturated carbocycles. The Balaban J connectivity index is 1.74. The zero-order chi connectivity index (χ0) is 18.7. The minimum absolute atomic E-state index is 0.0208. The van der Waals surface area contributed by atoms with Gasteiger partial charge in [-0.2, -0.15) is 0 Å². The number of nitrogens with two attached hydrogens (primary N) is 1. The van der Waals surface area contributed by atoms with Gasteiger partial charge in [-0.3, -0.25) is 0 Å². The minimum atomic E-state index is -1.60. The van der Waals surface area contributed by atoms with Crippen molar-refractivity contribution in [2.75, 3.05) is 11.9 Å². The third-order valence-corrected chi connectivity index (χ3v) is 4.73. The van der Waals surface area contributed by atoms with Gasteiger partial charge in [-0.1, -0.05) is 18.2 Å². The number of nitrogens with zero attached hydrogens (tertiary/aromatic N) is 1. The summed E-state index contributed by atoms with van der Waals surface area (Å²) in [4.78, 5) is 4.15. The maximum absolute atomic E-state index is 13.9. The largest absolute Gasteiger partial charge is 0.383 e. The predicted molar refractivity (Wildman–Crippen MR) is 99.1 cm³/mol. The summed E-state index contributed by atoms with van der Waals surface area (Å²) in [5, 5.41) is 13.6. The van der Waals surface area contributed by atoms with E-state index in [4.69, 9.17) is 5.73 Å². The number of anilines is 1. The summed E-state index contributed by atoms with van der Waals surface area (Å²) in [5.41, 5.74) is 7.81. The third-order valence-electron chi connectivity index (χ3n) is 4.73. The second-order valence-corrected chi connectivity index (χ2v) is 6.87. The number of aliphatic imine (C=N–C) groups is 1. The molecule has 0 saturated heterocycles. The first-order chi connectivity index (χ1) is 12.4. The molecule has 0 heterocycles. The van der Waals surface area contributed by atoms with Crippen LogP contribution in [0, 0.1) is 11.6 Å². The van der Waals surface area contributed by atoms with E-state index in [1.807, 2.05) is 12.1 Å². The van der Waals surface area contributed by atoms with Gasteiger partial charge in [0, 0.05) is 17.3 Å². The van der Waals surface area contributed by atoms with E-state index < -0.39 is 17.2 Å². The van der Waals surface area contributed by atoms with E-state index in [1.54, 1.807) is 0 Å². The lowest BCUT2D eigenvalue weighted by atomic mass is 9.90. The first-order valence-electron chi connectivity index (χ1n) is 8.72. The highest BCUT2D eigenvalue weighted by atomic mass is 19.1. The Labute approximate surface area is 151 Å². The Kier molecular flexibility index (Phi) is 5.23. The van der Waals surface area contributed by atoms with Crippen LogP contribution in [0.2, 0.25) is 0 Å². The van der Waals surface area contributed by atoms with Crippen LogP contribution in [0.4, 0.5) is 14.5 Å². The van der Waals surface area contributed by atoms with Gasteiger partial charge >= 0.3 is 0 Å². The van der Waals surface area contributed by atoms with Crippen molar-refractivity contribution in [1.82, 2.24) is 0 Å². The van der Waals surface area contributed by atoms with Gasteiger partial charge in [0.25, 0.3) is 0 Å². The molecule has 6 heteroatoms. The molecule has 1 atom stereocenters. The molecule has 1 aliphatic carbocycles. The Hall–Kier alpha value is -2.47. The van der Waals surface area contributed by atoms with Crippen LogP contribution in [0.5, 0.6) is 0 Å². The van der Waals surface area contributed by atoms with Gasteiger partial charge in [-0.15, -0.1) is 0 Å². The predicted octanol–water partition coefficient (Wildman–Crippen LogP) is 3.48. The van der Waals surface area contributed by atoms with Crippen LogP contribution in [0.25, 0.3) is 0 Å². The number of nitrogens with one attached hydrogen (secondary N) is 1. The summed E-state index contributed by atoms with van der Waals surface area (Å²) in [7, 11) is 0. The van der Waals surface area contributed by atoms with Crippen LogP contribution in [0.15, 0.2) is 41.4 Å². The molecular formula is C20H23F2N3O. The molecule has 4 N–H and O–H groups in total. The molecule has 2 aromatic rings. The lowest BCUT2D eigenvalue weighted by molar-refractivity contribution is 0.0634. The highest BCUT2D eigenvalue weighted by Crippen LogP contribution is 2.28. The molecule has 0 fully saturated rings. The van der Waals surface area contributed by atoms with E-state index in [-0.39, 0.29) is 18.1 Å². The average molecular weight is 359 g/mol. The maximum atomic E-state index is 13.9. The SMILES string of the molecule is CC(O)(CN=C(N)Nc1cccc2c1CCCC2)c1ccc(F)cc1F. The van der Waals surface area contributed by atoms with E-state index in [2.05, 4.69) is 16.4 Å². The molecule has 0 amide bonds. The molecule has 3 rings (SSSR count). The molecule has 0 bridgehead atoms. The van der Waals surface area contributed by atoms with E-state index in [0.29, 0.717) is 0 Å². The first kappa shape index (κ1) is 18.3. The van der Waals surface area contributed by atoms with Gasteiger partial charge < -0.3 is 16.2 Å². The smallest absolute Gasteiger partial charge is 0.193 e. The summed E-state index contributed by atoms with van der Waals surface area (Å²) in [6.45, 7) is 1.27. The molecule has 1 unspecified atom stereocenters. The Morgan fingerprint density at radius 2 is 2.00 bits per heavy atom. The third kappa shape index (κ3) is 4.02. The van der Waals surface area contributed by atoms with Gasteiger partial charge in [0.05, 0.1) is 6.54 Å². The van der Waals surface area contributed by atoms with Crippen LogP contribution in [0.1, 0.15) is 36.5 Å². The molecule has 0 aliphatic heterocycles. The van der Waals surface area contributed by atoms with Crippen molar-refractivity contribution in [1.29, 1.82) is 0 Å². The van der Waals surface area contributed by atoms with Gasteiger partial charge in [-0.05, 0) is 55.9 Å². The zero-order valence-corrected chi connectivity index (χ0v) is 14.7. The van der Waals surface area contributed by atoms with Crippen LogP contribution >= 0.6 is 0 Å². The van der Waals surface area contributed by atoms with E-state index in [0.717, 1.165) is 37.1 Å². The summed E-state index contributed by atoms with van der Waals surface area (Å²) in [6.07, 6.45) is 4.37. The number of fused-ring (bicyclic) bond motifs is 1. The number of rotatable bonds is 4. The fourth-order valence-electron chi connectivity index (χ4n) is 3.33. The summed E-state index contributed by atoms with van der Waals surface area (Å²) in [6, 6.07) is 9.11.